The molecule has 9 atom stereocenters. The Bertz CT molecular complexity index is 806. The molecule has 0 amide bonds. The van der Waals surface area contributed by atoms with Crippen molar-refractivity contribution in [1.29, 1.82) is 0 Å². The van der Waals surface area contributed by atoms with Crippen molar-refractivity contribution in [3.63, 3.8) is 0 Å². The molecule has 5 heteroatoms. The van der Waals surface area contributed by atoms with E-state index in [1.54, 1.807) is 6.92 Å². The van der Waals surface area contributed by atoms with Gasteiger partial charge in [-0.1, -0.05) is 34.1 Å². The molecule has 1 heterocycles. The molecule has 0 bridgehead atoms. The first-order valence-corrected chi connectivity index (χ1v) is 14.7. The summed E-state index contributed by atoms with van der Waals surface area (Å²) in [6.45, 7) is 12.8. The second-order valence-electron chi connectivity index (χ2n) is 13.6. The number of esters is 2. The number of fused-ring (bicyclic) bond motifs is 5. The largest absolute Gasteiger partial charge is 0.462 e. The van der Waals surface area contributed by atoms with Crippen molar-refractivity contribution in [1.82, 2.24) is 4.90 Å². The lowest BCUT2D eigenvalue weighted by molar-refractivity contribution is -0.172. The Morgan fingerprint density at radius 3 is 2.26 bits per heavy atom. The van der Waals surface area contributed by atoms with Gasteiger partial charge in [0.05, 0.1) is 5.92 Å². The molecule has 5 aliphatic rings. The van der Waals surface area contributed by atoms with Crippen molar-refractivity contribution in [3.8, 4) is 0 Å². The number of piperidine rings is 1. The first kappa shape index (κ1) is 25.5. The number of likely N-dealkylation sites (tertiary alicyclic amines) is 1. The summed E-state index contributed by atoms with van der Waals surface area (Å²) in [6.07, 6.45) is 13.5. The van der Waals surface area contributed by atoms with Gasteiger partial charge in [-0.3, -0.25) is 14.5 Å². The van der Waals surface area contributed by atoms with Crippen molar-refractivity contribution in [2.75, 3.05) is 13.1 Å². The molecular formula is C30H49NO4. The Balaban J connectivity index is 1.35. The number of hydrogen-bond donors (Lipinski definition) is 0. The molecule has 5 rings (SSSR count). The Morgan fingerprint density at radius 2 is 1.57 bits per heavy atom. The average molecular weight is 488 g/mol. The molecule has 5 fully saturated rings. The Labute approximate surface area is 213 Å². The summed E-state index contributed by atoms with van der Waals surface area (Å²) >= 11 is 0. The predicted octanol–water partition coefficient (Wildman–Crippen LogP) is 5.99. The lowest BCUT2D eigenvalue weighted by Gasteiger charge is -2.60. The van der Waals surface area contributed by atoms with E-state index in [9.17, 15) is 9.59 Å². The molecule has 0 aromatic rings. The normalized spacial score (nSPS) is 45.8. The third kappa shape index (κ3) is 4.46. The van der Waals surface area contributed by atoms with E-state index in [0.717, 1.165) is 37.8 Å². The van der Waals surface area contributed by atoms with Crippen molar-refractivity contribution in [2.24, 2.45) is 40.4 Å². The fourth-order valence-electron chi connectivity index (χ4n) is 9.58. The van der Waals surface area contributed by atoms with Gasteiger partial charge >= 0.3 is 11.9 Å². The predicted molar refractivity (Wildman–Crippen MR) is 137 cm³/mol. The van der Waals surface area contributed by atoms with Gasteiger partial charge in [0.2, 0.25) is 0 Å². The number of hydrogen-bond acceptors (Lipinski definition) is 5. The summed E-state index contributed by atoms with van der Waals surface area (Å²) in [4.78, 5) is 27.2. The molecule has 5 nitrogen and oxygen atoms in total. The molecule has 198 valence electrons. The van der Waals surface area contributed by atoms with Crippen LogP contribution in [0.1, 0.15) is 105 Å². The molecule has 0 unspecified atom stereocenters. The summed E-state index contributed by atoms with van der Waals surface area (Å²) in [6, 6.07) is 0.393. The number of ether oxygens (including phenoxy) is 2. The lowest BCUT2D eigenvalue weighted by atomic mass is 9.45. The summed E-state index contributed by atoms with van der Waals surface area (Å²) in [5.74, 6) is 2.60. The van der Waals surface area contributed by atoms with Gasteiger partial charge in [0.15, 0.2) is 0 Å². The van der Waals surface area contributed by atoms with Crippen molar-refractivity contribution >= 4 is 11.9 Å². The molecule has 0 aromatic heterocycles. The molecule has 0 N–H and O–H groups in total. The molecule has 4 aliphatic carbocycles. The maximum absolute atomic E-state index is 12.2. The quantitative estimate of drug-likeness (QED) is 0.456. The molecule has 0 aromatic carbocycles. The third-order valence-electron chi connectivity index (χ3n) is 11.5. The van der Waals surface area contributed by atoms with Gasteiger partial charge in [0, 0.05) is 18.4 Å². The molecule has 35 heavy (non-hydrogen) atoms. The van der Waals surface area contributed by atoms with Crippen LogP contribution in [0.2, 0.25) is 0 Å². The van der Waals surface area contributed by atoms with E-state index in [2.05, 4.69) is 18.7 Å². The van der Waals surface area contributed by atoms with Crippen LogP contribution >= 0.6 is 0 Å². The van der Waals surface area contributed by atoms with Crippen LogP contribution in [0.5, 0.6) is 0 Å². The third-order valence-corrected chi connectivity index (χ3v) is 11.5. The Kier molecular flexibility index (Phi) is 7.04. The zero-order chi connectivity index (χ0) is 25.0. The van der Waals surface area contributed by atoms with Crippen LogP contribution in [-0.4, -0.2) is 48.2 Å². The number of nitrogens with zero attached hydrogens (tertiary/aromatic N) is 1. The monoisotopic (exact) mass is 487 g/mol. The SMILES string of the molecule is CC(=O)O[C@H]1[C@@H](N2CCCCC2)C[C@H]2[C@@H]3CC[C@H]4C[C@H](OC(=O)C(C)C)CC[C@]4(C)[C@H]3CC[C@@]21C. The molecule has 4 saturated carbocycles. The second-order valence-corrected chi connectivity index (χ2v) is 13.6. The molecule has 1 aliphatic heterocycles. The highest BCUT2D eigenvalue weighted by Crippen LogP contribution is 2.67. The van der Waals surface area contributed by atoms with Gasteiger partial charge in [-0.05, 0) is 106 Å². The van der Waals surface area contributed by atoms with E-state index < -0.39 is 0 Å². The van der Waals surface area contributed by atoms with Gasteiger partial charge in [0.25, 0.3) is 0 Å². The minimum atomic E-state index is -0.106. The minimum absolute atomic E-state index is 0.0352. The van der Waals surface area contributed by atoms with Crippen LogP contribution in [0, 0.1) is 40.4 Å². The zero-order valence-corrected chi connectivity index (χ0v) is 22.9. The number of carbonyl (C=O) groups is 2. The highest BCUT2D eigenvalue weighted by atomic mass is 16.5. The standard InChI is InChI=1S/C30H49NO4/c1-19(2)28(33)35-22-11-13-29(4)21(17-22)9-10-23-24(29)12-14-30(5)25(23)18-26(27(30)34-20(3)32)31-15-7-6-8-16-31/h19,21-27H,6-18H2,1-5H3/t21-,22+,23+,24-,25-,26-,27-,29-,30-/m0/s1. The number of rotatable bonds is 4. The summed E-state index contributed by atoms with van der Waals surface area (Å²) in [5.41, 5.74) is 0.452. The van der Waals surface area contributed by atoms with Gasteiger partial charge in [0.1, 0.15) is 12.2 Å². The Hall–Kier alpha value is -1.10. The van der Waals surface area contributed by atoms with Crippen LogP contribution in [-0.2, 0) is 19.1 Å². The van der Waals surface area contributed by atoms with Gasteiger partial charge in [-0.2, -0.15) is 0 Å². The van der Waals surface area contributed by atoms with Crippen LogP contribution in [0.3, 0.4) is 0 Å². The molecule has 0 radical (unpaired) electrons. The van der Waals surface area contributed by atoms with Crippen LogP contribution in [0.4, 0.5) is 0 Å². The van der Waals surface area contributed by atoms with E-state index in [0.29, 0.717) is 23.3 Å². The van der Waals surface area contributed by atoms with E-state index in [-0.39, 0.29) is 35.5 Å². The van der Waals surface area contributed by atoms with Gasteiger partial charge in [-0.15, -0.1) is 0 Å². The van der Waals surface area contributed by atoms with Crippen LogP contribution < -0.4 is 0 Å². The van der Waals surface area contributed by atoms with Crippen molar-refractivity contribution < 1.29 is 19.1 Å². The first-order valence-electron chi connectivity index (χ1n) is 14.7. The zero-order valence-electron chi connectivity index (χ0n) is 22.9. The fraction of sp³-hybridized carbons (Fsp3) is 0.933. The van der Waals surface area contributed by atoms with Gasteiger partial charge < -0.3 is 9.47 Å². The van der Waals surface area contributed by atoms with E-state index in [1.807, 2.05) is 13.8 Å². The van der Waals surface area contributed by atoms with Crippen LogP contribution in [0.15, 0.2) is 0 Å². The molecule has 0 spiro atoms. The average Bonchev–Trinajstić information content (AvgIpc) is 3.11. The first-order chi connectivity index (χ1) is 16.6. The maximum atomic E-state index is 12.2. The summed E-state index contributed by atoms with van der Waals surface area (Å²) < 4.78 is 12.1. The highest BCUT2D eigenvalue weighted by Gasteiger charge is 2.64. The lowest BCUT2D eigenvalue weighted by Crippen LogP contribution is -2.55. The van der Waals surface area contributed by atoms with E-state index in [1.165, 1.54) is 57.8 Å². The minimum Gasteiger partial charge on any atom is -0.462 e. The van der Waals surface area contributed by atoms with E-state index >= 15 is 0 Å². The fourth-order valence-corrected chi connectivity index (χ4v) is 9.58. The number of carbonyl (C=O) groups excluding carboxylic acids is 2. The van der Waals surface area contributed by atoms with Crippen LogP contribution in [0.25, 0.3) is 0 Å². The smallest absolute Gasteiger partial charge is 0.308 e. The van der Waals surface area contributed by atoms with Gasteiger partial charge in [-0.25, -0.2) is 0 Å². The summed E-state index contributed by atoms with van der Waals surface area (Å²) in [5, 5.41) is 0. The van der Waals surface area contributed by atoms with Crippen molar-refractivity contribution in [2.45, 2.75) is 123 Å². The van der Waals surface area contributed by atoms with Crippen molar-refractivity contribution in [3.05, 3.63) is 0 Å². The molecular weight excluding hydrogens is 438 g/mol. The second kappa shape index (κ2) is 9.65. The Morgan fingerprint density at radius 1 is 0.857 bits per heavy atom. The summed E-state index contributed by atoms with van der Waals surface area (Å²) in [7, 11) is 0. The topological polar surface area (TPSA) is 55.8 Å². The van der Waals surface area contributed by atoms with E-state index in [4.69, 9.17) is 9.47 Å². The highest BCUT2D eigenvalue weighted by molar-refractivity contribution is 5.71. The molecule has 1 saturated heterocycles. The maximum Gasteiger partial charge on any atom is 0.308 e.